The minimum absolute atomic E-state index is 0.103. The maximum Gasteiger partial charge on any atom is 0.241 e. The Labute approximate surface area is 151 Å². The van der Waals surface area contributed by atoms with Gasteiger partial charge in [0, 0.05) is 25.0 Å². The Hall–Kier alpha value is -1.71. The van der Waals surface area contributed by atoms with Crippen LogP contribution in [0.4, 0.5) is 10.8 Å². The molecule has 1 aliphatic heterocycles. The minimum atomic E-state index is -3.13. The van der Waals surface area contributed by atoms with Crippen molar-refractivity contribution < 1.29 is 13.2 Å². The van der Waals surface area contributed by atoms with E-state index >= 15 is 0 Å². The first kappa shape index (κ1) is 18.1. The molecule has 0 spiro atoms. The number of rotatable bonds is 6. The van der Waals surface area contributed by atoms with Gasteiger partial charge >= 0.3 is 0 Å². The Kier molecular flexibility index (Phi) is 5.26. The van der Waals surface area contributed by atoms with Gasteiger partial charge in [0.25, 0.3) is 0 Å². The van der Waals surface area contributed by atoms with Gasteiger partial charge in [-0.15, -0.1) is 0 Å². The van der Waals surface area contributed by atoms with E-state index in [1.54, 1.807) is 17.4 Å². The van der Waals surface area contributed by atoms with Crippen molar-refractivity contribution in [1.29, 1.82) is 0 Å². The summed E-state index contributed by atoms with van der Waals surface area (Å²) in [4.78, 5) is 19.1. The molecule has 1 atom stereocenters. The predicted molar refractivity (Wildman–Crippen MR) is 102 cm³/mol. The Balaban J connectivity index is 1.67. The molecule has 7 nitrogen and oxygen atoms in total. The number of nitrogens with one attached hydrogen (secondary N) is 1. The molecule has 0 aliphatic carbocycles. The van der Waals surface area contributed by atoms with Gasteiger partial charge < -0.3 is 16.0 Å². The van der Waals surface area contributed by atoms with Gasteiger partial charge in [0.2, 0.25) is 5.91 Å². The number of aromatic nitrogens is 1. The Morgan fingerprint density at radius 2 is 2.12 bits per heavy atom. The number of anilines is 2. The van der Waals surface area contributed by atoms with Crippen LogP contribution in [0.25, 0.3) is 10.2 Å². The molecule has 3 rings (SSSR count). The molecule has 0 saturated carbocycles. The zero-order chi connectivity index (χ0) is 18.0. The summed E-state index contributed by atoms with van der Waals surface area (Å²) in [5.41, 5.74) is 7.33. The molecule has 1 aliphatic rings. The third-order valence-electron chi connectivity index (χ3n) is 4.16. The number of carbonyl (C=O) groups is 1. The molecule has 1 fully saturated rings. The Morgan fingerprint density at radius 1 is 1.40 bits per heavy atom. The third-order valence-corrected chi connectivity index (χ3v) is 6.21. The number of benzene rings is 1. The molecule has 1 saturated heterocycles. The van der Waals surface area contributed by atoms with Crippen LogP contribution in [-0.4, -0.2) is 50.4 Å². The maximum absolute atomic E-state index is 12.1. The molecule has 1 unspecified atom stereocenters. The second-order valence-electron chi connectivity index (χ2n) is 6.39. The summed E-state index contributed by atoms with van der Waals surface area (Å²) in [7, 11) is -3.13. The van der Waals surface area contributed by atoms with Crippen molar-refractivity contribution in [3.63, 3.8) is 0 Å². The first-order chi connectivity index (χ1) is 11.8. The van der Waals surface area contributed by atoms with Crippen LogP contribution in [0, 0.1) is 0 Å². The van der Waals surface area contributed by atoms with E-state index in [-0.39, 0.29) is 18.1 Å². The summed E-state index contributed by atoms with van der Waals surface area (Å²) < 4.78 is 23.4. The third kappa shape index (κ3) is 4.68. The molecule has 1 aromatic carbocycles. The number of amides is 1. The lowest BCUT2D eigenvalue weighted by atomic mass is 10.2. The SMILES string of the molecule is CS(=O)(=O)CCC(N)C(=O)Nc1ccc2nc(N3CCCC3)sc2c1. The fourth-order valence-electron chi connectivity index (χ4n) is 2.74. The van der Waals surface area contributed by atoms with Crippen molar-refractivity contribution >= 4 is 48.1 Å². The van der Waals surface area contributed by atoms with E-state index < -0.39 is 15.9 Å². The van der Waals surface area contributed by atoms with Gasteiger partial charge in [0.1, 0.15) is 9.84 Å². The van der Waals surface area contributed by atoms with Gasteiger partial charge in [-0.05, 0) is 37.5 Å². The second-order valence-corrected chi connectivity index (χ2v) is 9.66. The number of thiazole rings is 1. The molecular formula is C16H22N4O3S2. The smallest absolute Gasteiger partial charge is 0.241 e. The first-order valence-electron chi connectivity index (χ1n) is 8.21. The van der Waals surface area contributed by atoms with Crippen molar-refractivity contribution in [3.05, 3.63) is 18.2 Å². The molecule has 0 radical (unpaired) electrons. The summed E-state index contributed by atoms with van der Waals surface area (Å²) in [5.74, 6) is -0.485. The summed E-state index contributed by atoms with van der Waals surface area (Å²) >= 11 is 1.61. The van der Waals surface area contributed by atoms with Crippen LogP contribution < -0.4 is 16.0 Å². The van der Waals surface area contributed by atoms with Gasteiger partial charge in [-0.3, -0.25) is 4.79 Å². The molecule has 1 amide bonds. The maximum atomic E-state index is 12.1. The first-order valence-corrected chi connectivity index (χ1v) is 11.1. The normalized spacial score (nSPS) is 16.3. The van der Waals surface area contributed by atoms with Gasteiger partial charge in [0.05, 0.1) is 22.0 Å². The van der Waals surface area contributed by atoms with Crippen LogP contribution in [0.5, 0.6) is 0 Å². The number of hydrogen-bond donors (Lipinski definition) is 2. The van der Waals surface area contributed by atoms with E-state index in [1.807, 2.05) is 12.1 Å². The van der Waals surface area contributed by atoms with Crippen LogP contribution >= 0.6 is 11.3 Å². The van der Waals surface area contributed by atoms with Gasteiger partial charge in [-0.2, -0.15) is 0 Å². The topological polar surface area (TPSA) is 105 Å². The van der Waals surface area contributed by atoms with Crippen LogP contribution in [0.2, 0.25) is 0 Å². The van der Waals surface area contributed by atoms with E-state index in [9.17, 15) is 13.2 Å². The summed E-state index contributed by atoms with van der Waals surface area (Å²) in [6, 6.07) is 4.69. The average Bonchev–Trinajstić information content (AvgIpc) is 3.20. The minimum Gasteiger partial charge on any atom is -0.348 e. The molecule has 1 aromatic heterocycles. The molecule has 2 aromatic rings. The van der Waals surface area contributed by atoms with Crippen LogP contribution in [-0.2, 0) is 14.6 Å². The molecule has 0 bridgehead atoms. The van der Waals surface area contributed by atoms with Gasteiger partial charge in [-0.25, -0.2) is 13.4 Å². The zero-order valence-electron chi connectivity index (χ0n) is 14.1. The van der Waals surface area contributed by atoms with Crippen LogP contribution in [0.1, 0.15) is 19.3 Å². The molecule has 2 heterocycles. The number of nitrogens with two attached hydrogens (primary N) is 1. The van der Waals surface area contributed by atoms with E-state index in [4.69, 9.17) is 5.73 Å². The van der Waals surface area contributed by atoms with Crippen molar-refractivity contribution in [1.82, 2.24) is 4.98 Å². The van der Waals surface area contributed by atoms with E-state index in [1.165, 1.54) is 12.8 Å². The highest BCUT2D eigenvalue weighted by Crippen LogP contribution is 2.32. The van der Waals surface area contributed by atoms with E-state index in [0.29, 0.717) is 5.69 Å². The average molecular weight is 383 g/mol. The molecule has 9 heteroatoms. The number of carbonyl (C=O) groups excluding carboxylic acids is 1. The number of hydrogen-bond acceptors (Lipinski definition) is 7. The van der Waals surface area contributed by atoms with Gasteiger partial charge in [0.15, 0.2) is 5.13 Å². The monoisotopic (exact) mass is 382 g/mol. The lowest BCUT2D eigenvalue weighted by Crippen LogP contribution is -2.37. The van der Waals surface area contributed by atoms with Gasteiger partial charge in [-0.1, -0.05) is 11.3 Å². The van der Waals surface area contributed by atoms with Crippen LogP contribution in [0.15, 0.2) is 18.2 Å². The number of sulfone groups is 1. The predicted octanol–water partition coefficient (Wildman–Crippen LogP) is 1.60. The summed E-state index contributed by atoms with van der Waals surface area (Å²) in [6.45, 7) is 2.08. The standard InChI is InChI=1S/C16H22N4O3S2/c1-25(22,23)9-6-12(17)15(21)18-11-4-5-13-14(10-11)24-16(19-13)20-7-2-3-8-20/h4-5,10,12H,2-3,6-9,17H2,1H3,(H,18,21). The fourth-order valence-corrected chi connectivity index (χ4v) is 4.48. The molecule has 25 heavy (non-hydrogen) atoms. The fraction of sp³-hybridized carbons (Fsp3) is 0.500. The lowest BCUT2D eigenvalue weighted by molar-refractivity contribution is -0.117. The van der Waals surface area contributed by atoms with E-state index in [0.717, 1.165) is 34.7 Å². The highest BCUT2D eigenvalue weighted by molar-refractivity contribution is 7.90. The highest BCUT2D eigenvalue weighted by atomic mass is 32.2. The van der Waals surface area contributed by atoms with Crippen molar-refractivity contribution in [2.75, 3.05) is 35.3 Å². The van der Waals surface area contributed by atoms with Crippen molar-refractivity contribution in [2.24, 2.45) is 5.73 Å². The van der Waals surface area contributed by atoms with Crippen LogP contribution in [0.3, 0.4) is 0 Å². The Bertz CT molecular complexity index is 873. The largest absolute Gasteiger partial charge is 0.348 e. The number of fused-ring (bicyclic) bond motifs is 1. The summed E-state index contributed by atoms with van der Waals surface area (Å²) in [6.07, 6.45) is 3.63. The molecular weight excluding hydrogens is 360 g/mol. The number of nitrogens with zero attached hydrogens (tertiary/aromatic N) is 2. The molecule has 3 N–H and O–H groups in total. The highest BCUT2D eigenvalue weighted by Gasteiger charge is 2.18. The Morgan fingerprint density at radius 3 is 2.80 bits per heavy atom. The summed E-state index contributed by atoms with van der Waals surface area (Å²) in [5, 5.41) is 3.77. The van der Waals surface area contributed by atoms with Crippen molar-refractivity contribution in [3.8, 4) is 0 Å². The molecule has 136 valence electrons. The van der Waals surface area contributed by atoms with E-state index in [2.05, 4.69) is 15.2 Å². The lowest BCUT2D eigenvalue weighted by Gasteiger charge is -2.11. The second kappa shape index (κ2) is 7.27. The quantitative estimate of drug-likeness (QED) is 0.786. The van der Waals surface area contributed by atoms with Crippen molar-refractivity contribution in [2.45, 2.75) is 25.3 Å². The zero-order valence-corrected chi connectivity index (χ0v) is 15.7.